The lowest BCUT2D eigenvalue weighted by Gasteiger charge is -2.40. The maximum absolute atomic E-state index is 12.4. The maximum Gasteiger partial charge on any atom is 0.226 e. The number of rotatable bonds is 5. The van der Waals surface area contributed by atoms with Crippen molar-refractivity contribution in [1.29, 1.82) is 0 Å². The monoisotopic (exact) mass is 352 g/mol. The molecule has 1 aliphatic heterocycles. The third-order valence-corrected chi connectivity index (χ3v) is 6.06. The number of amides is 2. The molecule has 24 heavy (non-hydrogen) atoms. The molecule has 1 aromatic heterocycles. The average Bonchev–Trinajstić information content (AvgIpc) is 3.22. The molecule has 1 saturated heterocycles. The summed E-state index contributed by atoms with van der Waals surface area (Å²) in [6.45, 7) is 3.35. The van der Waals surface area contributed by atoms with Crippen LogP contribution in [0.4, 0.5) is 5.13 Å². The van der Waals surface area contributed by atoms with Crippen molar-refractivity contribution in [2.45, 2.75) is 51.0 Å². The van der Waals surface area contributed by atoms with Crippen LogP contribution in [0, 0.1) is 11.8 Å². The fourth-order valence-corrected chi connectivity index (χ4v) is 4.52. The van der Waals surface area contributed by atoms with Crippen molar-refractivity contribution in [1.82, 2.24) is 15.1 Å². The van der Waals surface area contributed by atoms with E-state index in [1.54, 1.807) is 5.51 Å². The Bertz CT molecular complexity index is 594. The molecule has 2 N–H and O–H groups in total. The van der Waals surface area contributed by atoms with Gasteiger partial charge in [0.1, 0.15) is 5.51 Å². The number of carbonyl (C=O) groups is 2. The predicted molar refractivity (Wildman–Crippen MR) is 90.4 cm³/mol. The van der Waals surface area contributed by atoms with E-state index in [9.17, 15) is 14.7 Å². The van der Waals surface area contributed by atoms with E-state index in [1.807, 2.05) is 11.8 Å². The first-order valence-corrected chi connectivity index (χ1v) is 9.46. The standard InChI is InChI=1S/C16H24N4O3S/c1-2-16(23)7-3-4-11-8-20(9-12(11)16)14(22)6-5-13(21)18-15-19-17-10-24-15/h10-12,23H,2-9H2,1H3,(H,18,19,21)/t11-,12+,16-/m1/s1. The number of carbonyl (C=O) groups excluding carboxylic acids is 2. The number of aliphatic hydroxyl groups is 1. The summed E-state index contributed by atoms with van der Waals surface area (Å²) >= 11 is 1.25. The Balaban J connectivity index is 1.50. The smallest absolute Gasteiger partial charge is 0.226 e. The zero-order valence-electron chi connectivity index (χ0n) is 13.9. The fraction of sp³-hybridized carbons (Fsp3) is 0.750. The normalized spacial score (nSPS) is 29.3. The average molecular weight is 352 g/mol. The number of fused-ring (bicyclic) bond motifs is 1. The van der Waals surface area contributed by atoms with Crippen LogP contribution in [0.2, 0.25) is 0 Å². The SMILES string of the molecule is CC[C@@]1(O)CCC[C@@H]2CN(C(=O)CCC(=O)Nc3nncs3)C[C@@H]21. The molecule has 0 bridgehead atoms. The number of aromatic nitrogens is 2. The number of likely N-dealkylation sites (tertiary alicyclic amines) is 1. The lowest BCUT2D eigenvalue weighted by atomic mass is 9.69. The van der Waals surface area contributed by atoms with Gasteiger partial charge < -0.3 is 15.3 Å². The molecule has 1 aromatic rings. The fourth-order valence-electron chi connectivity index (χ4n) is 4.06. The molecule has 8 heteroatoms. The first-order valence-electron chi connectivity index (χ1n) is 8.58. The molecular formula is C16H24N4O3S. The van der Waals surface area contributed by atoms with E-state index in [0.717, 1.165) is 25.7 Å². The van der Waals surface area contributed by atoms with Crippen LogP contribution in [0.15, 0.2) is 5.51 Å². The van der Waals surface area contributed by atoms with Gasteiger partial charge in [-0.05, 0) is 25.2 Å². The van der Waals surface area contributed by atoms with Crippen LogP contribution in [-0.4, -0.2) is 50.7 Å². The predicted octanol–water partition coefficient (Wildman–Crippen LogP) is 1.66. The summed E-state index contributed by atoms with van der Waals surface area (Å²) in [7, 11) is 0. The Morgan fingerprint density at radius 2 is 2.29 bits per heavy atom. The minimum Gasteiger partial charge on any atom is -0.390 e. The largest absolute Gasteiger partial charge is 0.390 e. The van der Waals surface area contributed by atoms with Gasteiger partial charge in [0.05, 0.1) is 5.60 Å². The van der Waals surface area contributed by atoms with Crippen LogP contribution < -0.4 is 5.32 Å². The van der Waals surface area contributed by atoms with Gasteiger partial charge in [0.15, 0.2) is 0 Å². The summed E-state index contributed by atoms with van der Waals surface area (Å²) < 4.78 is 0. The van der Waals surface area contributed by atoms with Crippen molar-refractivity contribution >= 4 is 28.3 Å². The van der Waals surface area contributed by atoms with Crippen LogP contribution in [0.3, 0.4) is 0 Å². The van der Waals surface area contributed by atoms with Crippen molar-refractivity contribution in [3.05, 3.63) is 5.51 Å². The molecule has 1 saturated carbocycles. The van der Waals surface area contributed by atoms with E-state index < -0.39 is 5.60 Å². The molecule has 0 spiro atoms. The van der Waals surface area contributed by atoms with Gasteiger partial charge >= 0.3 is 0 Å². The van der Waals surface area contributed by atoms with Gasteiger partial charge in [-0.3, -0.25) is 9.59 Å². The number of hydrogen-bond donors (Lipinski definition) is 2. The Hall–Kier alpha value is -1.54. The molecule has 0 aromatic carbocycles. The summed E-state index contributed by atoms with van der Waals surface area (Å²) in [6, 6.07) is 0. The molecule has 1 aliphatic carbocycles. The maximum atomic E-state index is 12.4. The molecule has 2 amide bonds. The van der Waals surface area contributed by atoms with Crippen molar-refractivity contribution in [2.75, 3.05) is 18.4 Å². The summed E-state index contributed by atoms with van der Waals surface area (Å²) in [6.07, 6.45) is 4.00. The van der Waals surface area contributed by atoms with Gasteiger partial charge in [-0.2, -0.15) is 0 Å². The molecule has 3 rings (SSSR count). The number of nitrogens with one attached hydrogen (secondary N) is 1. The van der Waals surface area contributed by atoms with Crippen molar-refractivity contribution in [3.8, 4) is 0 Å². The Kier molecular flexibility index (Phi) is 5.15. The zero-order chi connectivity index (χ0) is 17.2. The van der Waals surface area contributed by atoms with Crippen molar-refractivity contribution < 1.29 is 14.7 Å². The van der Waals surface area contributed by atoms with Crippen LogP contribution in [0.1, 0.15) is 45.4 Å². The third-order valence-electron chi connectivity index (χ3n) is 5.45. The third kappa shape index (κ3) is 3.59. The molecule has 0 radical (unpaired) electrons. The van der Waals surface area contributed by atoms with Crippen LogP contribution >= 0.6 is 11.3 Å². The van der Waals surface area contributed by atoms with E-state index in [-0.39, 0.29) is 30.6 Å². The quantitative estimate of drug-likeness (QED) is 0.840. The van der Waals surface area contributed by atoms with Gasteiger partial charge in [-0.25, -0.2) is 0 Å². The summed E-state index contributed by atoms with van der Waals surface area (Å²) in [5.41, 5.74) is 0.911. The van der Waals surface area contributed by atoms with Gasteiger partial charge in [0.25, 0.3) is 0 Å². The Morgan fingerprint density at radius 1 is 1.46 bits per heavy atom. The summed E-state index contributed by atoms with van der Waals surface area (Å²) in [5, 5.41) is 21.3. The van der Waals surface area contributed by atoms with Crippen molar-refractivity contribution in [2.24, 2.45) is 11.8 Å². The topological polar surface area (TPSA) is 95.4 Å². The molecule has 0 unspecified atom stereocenters. The van der Waals surface area contributed by atoms with E-state index in [2.05, 4.69) is 15.5 Å². The second kappa shape index (κ2) is 7.14. The highest BCUT2D eigenvalue weighted by atomic mass is 32.1. The van der Waals surface area contributed by atoms with Crippen LogP contribution in [-0.2, 0) is 9.59 Å². The molecule has 2 heterocycles. The molecule has 2 aliphatic rings. The van der Waals surface area contributed by atoms with Crippen LogP contribution in [0.25, 0.3) is 0 Å². The second-order valence-electron chi connectivity index (χ2n) is 6.81. The lowest BCUT2D eigenvalue weighted by molar-refractivity contribution is -0.132. The number of anilines is 1. The highest BCUT2D eigenvalue weighted by Gasteiger charge is 2.48. The Morgan fingerprint density at radius 3 is 3.00 bits per heavy atom. The van der Waals surface area contributed by atoms with Crippen LogP contribution in [0.5, 0.6) is 0 Å². The lowest BCUT2D eigenvalue weighted by Crippen LogP contribution is -2.44. The van der Waals surface area contributed by atoms with E-state index in [4.69, 9.17) is 0 Å². The Labute approximate surface area is 145 Å². The molecule has 3 atom stereocenters. The molecular weight excluding hydrogens is 328 g/mol. The van der Waals surface area contributed by atoms with E-state index >= 15 is 0 Å². The van der Waals surface area contributed by atoms with Gasteiger partial charge in [-0.15, -0.1) is 10.2 Å². The number of nitrogens with zero attached hydrogens (tertiary/aromatic N) is 3. The van der Waals surface area contributed by atoms with Crippen molar-refractivity contribution in [3.63, 3.8) is 0 Å². The first-order chi connectivity index (χ1) is 11.5. The summed E-state index contributed by atoms with van der Waals surface area (Å²) in [5.74, 6) is 0.343. The molecule has 2 fully saturated rings. The molecule has 7 nitrogen and oxygen atoms in total. The first kappa shape index (κ1) is 17.3. The summed E-state index contributed by atoms with van der Waals surface area (Å²) in [4.78, 5) is 26.1. The van der Waals surface area contributed by atoms with E-state index in [1.165, 1.54) is 11.3 Å². The van der Waals surface area contributed by atoms with E-state index in [0.29, 0.717) is 24.1 Å². The minimum absolute atomic E-state index is 0.00438. The minimum atomic E-state index is -0.632. The molecule has 132 valence electrons. The van der Waals surface area contributed by atoms with Gasteiger partial charge in [0, 0.05) is 31.8 Å². The highest BCUT2D eigenvalue weighted by Crippen LogP contribution is 2.44. The number of hydrogen-bond acceptors (Lipinski definition) is 6. The second-order valence-corrected chi connectivity index (χ2v) is 7.64. The highest BCUT2D eigenvalue weighted by molar-refractivity contribution is 7.13. The van der Waals surface area contributed by atoms with Gasteiger partial charge in [0.2, 0.25) is 16.9 Å². The zero-order valence-corrected chi connectivity index (χ0v) is 14.7. The van der Waals surface area contributed by atoms with Gasteiger partial charge in [-0.1, -0.05) is 24.7 Å².